The second kappa shape index (κ2) is 5.85. The topological polar surface area (TPSA) is 75.1 Å². The Bertz CT molecular complexity index is 605. The van der Waals surface area contributed by atoms with Crippen molar-refractivity contribution in [3.05, 3.63) is 23.8 Å². The molecule has 6 heteroatoms. The number of nitrogens with one attached hydrogen (secondary N) is 1. The van der Waals surface area contributed by atoms with Crippen molar-refractivity contribution in [2.45, 2.75) is 38.3 Å². The van der Waals surface area contributed by atoms with Crippen LogP contribution in [0.15, 0.2) is 18.2 Å². The van der Waals surface area contributed by atoms with Crippen LogP contribution in [0.2, 0.25) is 0 Å². The molecule has 1 aliphatic carbocycles. The Morgan fingerprint density at radius 1 is 1.25 bits per heavy atom. The van der Waals surface area contributed by atoms with E-state index < -0.39 is 5.97 Å². The summed E-state index contributed by atoms with van der Waals surface area (Å²) in [4.78, 5) is 10.9. The molecule has 1 aromatic heterocycles. The van der Waals surface area contributed by atoms with Crippen molar-refractivity contribution in [1.29, 1.82) is 0 Å². The standard InChI is InChI=1S/C14H17N3O2S/c18-14(19)10-2-4-11(5-3-10)15-8-9-1-6-12-13(7-9)17-20-16-12/h1,6-7,10-11,15H,2-5,8H2,(H,18,19)/t10-,11-. The lowest BCUT2D eigenvalue weighted by Crippen LogP contribution is -2.34. The number of fused-ring (bicyclic) bond motifs is 1. The molecular weight excluding hydrogens is 274 g/mol. The van der Waals surface area contributed by atoms with E-state index in [0.717, 1.165) is 43.3 Å². The van der Waals surface area contributed by atoms with Gasteiger partial charge in [-0.1, -0.05) is 6.07 Å². The molecule has 0 radical (unpaired) electrons. The molecule has 1 aliphatic rings. The predicted molar refractivity (Wildman–Crippen MR) is 77.6 cm³/mol. The third-order valence-electron chi connectivity index (χ3n) is 3.99. The summed E-state index contributed by atoms with van der Waals surface area (Å²) in [5.41, 5.74) is 3.09. The highest BCUT2D eigenvalue weighted by Gasteiger charge is 2.25. The summed E-state index contributed by atoms with van der Waals surface area (Å²) in [5.74, 6) is -0.796. The third kappa shape index (κ3) is 2.96. The van der Waals surface area contributed by atoms with Gasteiger partial charge in [-0.15, -0.1) is 0 Å². The SMILES string of the molecule is O=C(O)[C@H]1CC[C@H](NCc2ccc3nsnc3c2)CC1. The smallest absolute Gasteiger partial charge is 0.306 e. The molecule has 5 nitrogen and oxygen atoms in total. The summed E-state index contributed by atoms with van der Waals surface area (Å²) in [5, 5.41) is 12.5. The van der Waals surface area contributed by atoms with Gasteiger partial charge in [0.1, 0.15) is 11.0 Å². The number of carboxylic acid groups (broad SMARTS) is 1. The normalized spacial score (nSPS) is 23.0. The fraction of sp³-hybridized carbons (Fsp3) is 0.500. The molecule has 0 amide bonds. The Balaban J connectivity index is 1.53. The van der Waals surface area contributed by atoms with Crippen molar-refractivity contribution in [3.63, 3.8) is 0 Å². The first kappa shape index (κ1) is 13.5. The van der Waals surface area contributed by atoms with Crippen molar-refractivity contribution < 1.29 is 9.90 Å². The van der Waals surface area contributed by atoms with E-state index in [9.17, 15) is 4.79 Å². The molecule has 0 unspecified atom stereocenters. The minimum Gasteiger partial charge on any atom is -0.481 e. The molecule has 0 spiro atoms. The van der Waals surface area contributed by atoms with E-state index in [1.165, 1.54) is 17.3 Å². The monoisotopic (exact) mass is 291 g/mol. The van der Waals surface area contributed by atoms with E-state index in [2.05, 4.69) is 26.2 Å². The zero-order chi connectivity index (χ0) is 13.9. The van der Waals surface area contributed by atoms with Crippen LogP contribution in [0, 0.1) is 5.92 Å². The number of hydrogen-bond acceptors (Lipinski definition) is 5. The Morgan fingerprint density at radius 3 is 2.75 bits per heavy atom. The molecule has 1 aromatic carbocycles. The lowest BCUT2D eigenvalue weighted by Gasteiger charge is -2.27. The minimum absolute atomic E-state index is 0.148. The number of carboxylic acids is 1. The maximum absolute atomic E-state index is 10.9. The molecule has 2 aromatic rings. The first-order valence-electron chi connectivity index (χ1n) is 6.90. The fourth-order valence-electron chi connectivity index (χ4n) is 2.74. The Kier molecular flexibility index (Phi) is 3.93. The van der Waals surface area contributed by atoms with E-state index in [-0.39, 0.29) is 5.92 Å². The molecule has 3 rings (SSSR count). The zero-order valence-corrected chi connectivity index (χ0v) is 11.9. The van der Waals surface area contributed by atoms with Crippen molar-refractivity contribution in [2.24, 2.45) is 5.92 Å². The Labute approximate surface area is 121 Å². The van der Waals surface area contributed by atoms with Crippen molar-refractivity contribution in [1.82, 2.24) is 14.1 Å². The molecule has 2 N–H and O–H groups in total. The van der Waals surface area contributed by atoms with Gasteiger partial charge in [0.05, 0.1) is 17.6 Å². The number of nitrogens with zero attached hydrogens (tertiary/aromatic N) is 2. The maximum atomic E-state index is 10.9. The number of benzene rings is 1. The average molecular weight is 291 g/mol. The molecule has 0 bridgehead atoms. The summed E-state index contributed by atoms with van der Waals surface area (Å²) < 4.78 is 8.43. The van der Waals surface area contributed by atoms with Gasteiger partial charge in [-0.25, -0.2) is 0 Å². The van der Waals surface area contributed by atoms with E-state index >= 15 is 0 Å². The van der Waals surface area contributed by atoms with Crippen LogP contribution in [-0.4, -0.2) is 25.9 Å². The predicted octanol–water partition coefficient (Wildman–Crippen LogP) is 2.42. The third-order valence-corrected chi connectivity index (χ3v) is 4.55. The molecule has 106 valence electrons. The van der Waals surface area contributed by atoms with Crippen molar-refractivity contribution in [2.75, 3.05) is 0 Å². The van der Waals surface area contributed by atoms with E-state index in [4.69, 9.17) is 5.11 Å². The van der Waals surface area contributed by atoms with Crippen LogP contribution in [0.3, 0.4) is 0 Å². The highest BCUT2D eigenvalue weighted by molar-refractivity contribution is 7.00. The second-order valence-electron chi connectivity index (χ2n) is 5.35. The summed E-state index contributed by atoms with van der Waals surface area (Å²) in [7, 11) is 0. The zero-order valence-electron chi connectivity index (χ0n) is 11.1. The van der Waals surface area contributed by atoms with Crippen LogP contribution in [0.4, 0.5) is 0 Å². The molecule has 0 aliphatic heterocycles. The van der Waals surface area contributed by atoms with Gasteiger partial charge in [0.25, 0.3) is 0 Å². The first-order chi connectivity index (χ1) is 9.72. The highest BCUT2D eigenvalue weighted by Crippen LogP contribution is 2.24. The largest absolute Gasteiger partial charge is 0.481 e. The van der Waals surface area contributed by atoms with E-state index in [1.54, 1.807) is 0 Å². The molecule has 1 fully saturated rings. The van der Waals surface area contributed by atoms with Gasteiger partial charge in [-0.2, -0.15) is 8.75 Å². The average Bonchev–Trinajstić information content (AvgIpc) is 2.93. The molecule has 1 heterocycles. The number of carbonyl (C=O) groups is 1. The minimum atomic E-state index is -0.648. The number of aromatic nitrogens is 2. The van der Waals surface area contributed by atoms with Crippen LogP contribution in [0.1, 0.15) is 31.2 Å². The summed E-state index contributed by atoms with van der Waals surface area (Å²) >= 11 is 1.23. The van der Waals surface area contributed by atoms with Gasteiger partial charge >= 0.3 is 5.97 Å². The Morgan fingerprint density at radius 2 is 2.00 bits per heavy atom. The fourth-order valence-corrected chi connectivity index (χ4v) is 3.26. The van der Waals surface area contributed by atoms with Crippen LogP contribution in [-0.2, 0) is 11.3 Å². The highest BCUT2D eigenvalue weighted by atomic mass is 32.1. The van der Waals surface area contributed by atoms with Gasteiger partial charge in [0.2, 0.25) is 0 Å². The van der Waals surface area contributed by atoms with Crippen LogP contribution >= 0.6 is 11.7 Å². The first-order valence-corrected chi connectivity index (χ1v) is 7.63. The summed E-state index contributed by atoms with van der Waals surface area (Å²) in [6.45, 7) is 0.801. The molecule has 0 saturated heterocycles. The van der Waals surface area contributed by atoms with E-state index in [1.807, 2.05) is 6.07 Å². The van der Waals surface area contributed by atoms with Gasteiger partial charge in [-0.3, -0.25) is 4.79 Å². The lowest BCUT2D eigenvalue weighted by molar-refractivity contribution is -0.142. The van der Waals surface area contributed by atoms with Gasteiger partial charge in [0.15, 0.2) is 0 Å². The number of aliphatic carboxylic acids is 1. The number of hydrogen-bond donors (Lipinski definition) is 2. The second-order valence-corrected chi connectivity index (χ2v) is 5.88. The van der Waals surface area contributed by atoms with E-state index in [0.29, 0.717) is 6.04 Å². The van der Waals surface area contributed by atoms with Crippen LogP contribution in [0.25, 0.3) is 11.0 Å². The van der Waals surface area contributed by atoms with Crippen LogP contribution in [0.5, 0.6) is 0 Å². The van der Waals surface area contributed by atoms with Crippen molar-refractivity contribution >= 4 is 28.7 Å². The maximum Gasteiger partial charge on any atom is 0.306 e. The molecule has 0 atom stereocenters. The van der Waals surface area contributed by atoms with Crippen molar-refractivity contribution in [3.8, 4) is 0 Å². The van der Waals surface area contributed by atoms with Gasteiger partial charge < -0.3 is 10.4 Å². The van der Waals surface area contributed by atoms with Gasteiger partial charge in [-0.05, 0) is 43.4 Å². The lowest BCUT2D eigenvalue weighted by atomic mass is 9.86. The Hall–Kier alpha value is -1.53. The summed E-state index contributed by atoms with van der Waals surface area (Å²) in [6.07, 6.45) is 3.44. The summed E-state index contributed by atoms with van der Waals surface area (Å²) in [6, 6.07) is 6.56. The van der Waals surface area contributed by atoms with Gasteiger partial charge in [0, 0.05) is 12.6 Å². The molecular formula is C14H17N3O2S. The molecule has 20 heavy (non-hydrogen) atoms. The quantitative estimate of drug-likeness (QED) is 0.905. The van der Waals surface area contributed by atoms with Crippen LogP contribution < -0.4 is 5.32 Å². The number of rotatable bonds is 4. The molecule has 1 saturated carbocycles.